The van der Waals surface area contributed by atoms with E-state index in [1.54, 1.807) is 4.68 Å². The van der Waals surface area contributed by atoms with E-state index in [0.717, 1.165) is 22.3 Å². The average Bonchev–Trinajstić information content (AvgIpc) is 2.95. The Morgan fingerprint density at radius 3 is 2.96 bits per heavy atom. The van der Waals surface area contributed by atoms with E-state index in [2.05, 4.69) is 15.6 Å². The van der Waals surface area contributed by atoms with Crippen molar-refractivity contribution in [1.82, 2.24) is 20.3 Å². The zero-order valence-electron chi connectivity index (χ0n) is 12.9. The molecule has 0 bridgehead atoms. The predicted octanol–water partition coefficient (Wildman–Crippen LogP) is 1.93. The number of aromatic nitrogens is 3. The van der Waals surface area contributed by atoms with Crippen LogP contribution in [-0.2, 0) is 11.3 Å². The minimum atomic E-state index is -0.117. The van der Waals surface area contributed by atoms with Gasteiger partial charge in [0.1, 0.15) is 24.4 Å². The molecule has 0 aliphatic rings. The molecule has 0 fully saturated rings. The number of aryl methyl sites for hydroxylation is 1. The number of hydrogen-bond donors (Lipinski definition) is 1. The maximum Gasteiger partial charge on any atom is 0.241 e. The maximum absolute atomic E-state index is 12.0. The zero-order chi connectivity index (χ0) is 16.1. The van der Waals surface area contributed by atoms with E-state index in [1.165, 1.54) is 0 Å². The lowest BCUT2D eigenvalue weighted by Crippen LogP contribution is -2.31. The van der Waals surface area contributed by atoms with Crippen LogP contribution < -0.4 is 10.1 Å². The largest absolute Gasteiger partial charge is 0.492 e. The summed E-state index contributed by atoms with van der Waals surface area (Å²) < 4.78 is 7.18. The Balaban J connectivity index is 1.46. The van der Waals surface area contributed by atoms with Gasteiger partial charge in [0.2, 0.25) is 5.91 Å². The smallest absolute Gasteiger partial charge is 0.241 e. The molecule has 2 aromatic carbocycles. The third-order valence-corrected chi connectivity index (χ3v) is 3.40. The number of carbonyl (C=O) groups is 1. The van der Waals surface area contributed by atoms with Crippen LogP contribution in [0.5, 0.6) is 5.75 Å². The fourth-order valence-electron chi connectivity index (χ4n) is 2.29. The van der Waals surface area contributed by atoms with Crippen molar-refractivity contribution in [1.29, 1.82) is 0 Å². The molecular formula is C17H18N4O2. The number of rotatable bonds is 6. The van der Waals surface area contributed by atoms with Crippen LogP contribution in [0.2, 0.25) is 0 Å². The summed E-state index contributed by atoms with van der Waals surface area (Å²) >= 11 is 0. The van der Waals surface area contributed by atoms with Crippen molar-refractivity contribution >= 4 is 16.9 Å². The summed E-state index contributed by atoms with van der Waals surface area (Å²) in [5.41, 5.74) is 2.77. The highest BCUT2D eigenvalue weighted by Gasteiger charge is 2.07. The van der Waals surface area contributed by atoms with Gasteiger partial charge in [0, 0.05) is 0 Å². The van der Waals surface area contributed by atoms with Gasteiger partial charge in [-0.05, 0) is 36.8 Å². The van der Waals surface area contributed by atoms with Gasteiger partial charge >= 0.3 is 0 Å². The van der Waals surface area contributed by atoms with Gasteiger partial charge < -0.3 is 10.1 Å². The summed E-state index contributed by atoms with van der Waals surface area (Å²) in [6.45, 7) is 3.02. The van der Waals surface area contributed by atoms with Crippen LogP contribution in [0.3, 0.4) is 0 Å². The molecule has 23 heavy (non-hydrogen) atoms. The third kappa shape index (κ3) is 3.85. The summed E-state index contributed by atoms with van der Waals surface area (Å²) in [6, 6.07) is 15.4. The lowest BCUT2D eigenvalue weighted by molar-refractivity contribution is -0.121. The first-order valence-corrected chi connectivity index (χ1v) is 7.47. The highest BCUT2D eigenvalue weighted by molar-refractivity contribution is 5.79. The van der Waals surface area contributed by atoms with Crippen molar-refractivity contribution in [2.24, 2.45) is 0 Å². The maximum atomic E-state index is 12.0. The van der Waals surface area contributed by atoms with Gasteiger partial charge in [-0.3, -0.25) is 4.79 Å². The fourth-order valence-corrected chi connectivity index (χ4v) is 2.29. The van der Waals surface area contributed by atoms with Crippen LogP contribution in [0, 0.1) is 6.92 Å². The highest BCUT2D eigenvalue weighted by atomic mass is 16.5. The van der Waals surface area contributed by atoms with Gasteiger partial charge in [-0.15, -0.1) is 5.10 Å². The lowest BCUT2D eigenvalue weighted by atomic mass is 10.2. The van der Waals surface area contributed by atoms with Gasteiger partial charge in [-0.1, -0.05) is 29.5 Å². The zero-order valence-corrected chi connectivity index (χ0v) is 12.9. The number of benzene rings is 2. The molecule has 0 saturated carbocycles. The summed E-state index contributed by atoms with van der Waals surface area (Å²) in [7, 11) is 0. The van der Waals surface area contributed by atoms with Crippen molar-refractivity contribution in [2.75, 3.05) is 13.2 Å². The monoisotopic (exact) mass is 310 g/mol. The van der Waals surface area contributed by atoms with Gasteiger partial charge in [0.15, 0.2) is 0 Å². The third-order valence-electron chi connectivity index (χ3n) is 3.40. The molecule has 0 spiro atoms. The van der Waals surface area contributed by atoms with Crippen molar-refractivity contribution in [2.45, 2.75) is 13.5 Å². The van der Waals surface area contributed by atoms with Crippen LogP contribution in [0.15, 0.2) is 48.5 Å². The van der Waals surface area contributed by atoms with E-state index in [4.69, 9.17) is 4.74 Å². The minimum absolute atomic E-state index is 0.117. The topological polar surface area (TPSA) is 69.0 Å². The molecule has 1 amide bonds. The number of ether oxygens (including phenoxy) is 1. The number of hydrogen-bond acceptors (Lipinski definition) is 4. The second-order valence-electron chi connectivity index (χ2n) is 5.25. The van der Waals surface area contributed by atoms with E-state index < -0.39 is 0 Å². The molecule has 6 nitrogen and oxygen atoms in total. The number of nitrogens with zero attached hydrogens (tertiary/aromatic N) is 3. The molecule has 118 valence electrons. The van der Waals surface area contributed by atoms with Crippen LogP contribution in [-0.4, -0.2) is 34.1 Å². The van der Waals surface area contributed by atoms with E-state index in [1.807, 2.05) is 55.5 Å². The van der Waals surface area contributed by atoms with Crippen molar-refractivity contribution in [3.63, 3.8) is 0 Å². The lowest BCUT2D eigenvalue weighted by Gasteiger charge is -2.08. The molecule has 0 aliphatic carbocycles. The number of nitrogens with one attached hydrogen (secondary N) is 1. The Bertz CT molecular complexity index is 813. The first-order chi connectivity index (χ1) is 11.2. The first kappa shape index (κ1) is 15.0. The van der Waals surface area contributed by atoms with Crippen LogP contribution in [0.1, 0.15) is 5.56 Å². The second-order valence-corrected chi connectivity index (χ2v) is 5.25. The van der Waals surface area contributed by atoms with E-state index >= 15 is 0 Å². The number of carbonyl (C=O) groups excluding carboxylic acids is 1. The number of amides is 1. The summed E-state index contributed by atoms with van der Waals surface area (Å²) in [5.74, 6) is 0.690. The molecule has 3 aromatic rings. The second kappa shape index (κ2) is 6.91. The van der Waals surface area contributed by atoms with Gasteiger partial charge in [-0.2, -0.15) is 0 Å². The van der Waals surface area contributed by atoms with Crippen molar-refractivity contribution in [3.8, 4) is 5.75 Å². The fraction of sp³-hybridized carbons (Fsp3) is 0.235. The summed E-state index contributed by atoms with van der Waals surface area (Å²) in [6.07, 6.45) is 0. The number of para-hydroxylation sites is 1. The Hall–Kier alpha value is -2.89. The van der Waals surface area contributed by atoms with E-state index in [9.17, 15) is 4.79 Å². The van der Waals surface area contributed by atoms with Crippen LogP contribution in [0.4, 0.5) is 0 Å². The molecule has 6 heteroatoms. The molecule has 1 N–H and O–H groups in total. The van der Waals surface area contributed by atoms with E-state index in [0.29, 0.717) is 13.2 Å². The quantitative estimate of drug-likeness (QED) is 0.706. The SMILES string of the molecule is Cc1cccc(OCCNC(=O)Cn2nnc3ccccc32)c1. The number of fused-ring (bicyclic) bond motifs is 1. The predicted molar refractivity (Wildman–Crippen MR) is 87.2 cm³/mol. The molecule has 1 heterocycles. The van der Waals surface area contributed by atoms with E-state index in [-0.39, 0.29) is 12.5 Å². The summed E-state index contributed by atoms with van der Waals surface area (Å²) in [4.78, 5) is 12.0. The van der Waals surface area contributed by atoms with Crippen LogP contribution >= 0.6 is 0 Å². The molecule has 1 aromatic heterocycles. The summed E-state index contributed by atoms with van der Waals surface area (Å²) in [5, 5.41) is 10.8. The van der Waals surface area contributed by atoms with Gasteiger partial charge in [-0.25, -0.2) is 4.68 Å². The molecule has 0 unspecified atom stereocenters. The Morgan fingerprint density at radius 1 is 1.22 bits per heavy atom. The normalized spacial score (nSPS) is 10.7. The molecule has 0 saturated heterocycles. The molecule has 0 aliphatic heterocycles. The molecule has 0 radical (unpaired) electrons. The first-order valence-electron chi connectivity index (χ1n) is 7.47. The Labute approximate surface area is 134 Å². The van der Waals surface area contributed by atoms with Crippen LogP contribution in [0.25, 0.3) is 11.0 Å². The van der Waals surface area contributed by atoms with Crippen molar-refractivity contribution in [3.05, 3.63) is 54.1 Å². The Kier molecular flexibility index (Phi) is 4.52. The Morgan fingerprint density at radius 2 is 2.09 bits per heavy atom. The molecule has 3 rings (SSSR count). The van der Waals surface area contributed by atoms with Gasteiger partial charge in [0.05, 0.1) is 12.1 Å². The van der Waals surface area contributed by atoms with Crippen molar-refractivity contribution < 1.29 is 9.53 Å². The molecule has 0 atom stereocenters. The minimum Gasteiger partial charge on any atom is -0.492 e. The highest BCUT2D eigenvalue weighted by Crippen LogP contribution is 2.12. The standard InChI is InChI=1S/C17H18N4O2/c1-13-5-4-6-14(11-13)23-10-9-18-17(22)12-21-16-8-3-2-7-15(16)19-20-21/h2-8,11H,9-10,12H2,1H3,(H,18,22). The van der Waals surface area contributed by atoms with Gasteiger partial charge in [0.25, 0.3) is 0 Å². The average molecular weight is 310 g/mol. The molecular weight excluding hydrogens is 292 g/mol.